The number of hydrogen-bond donors (Lipinski definition) is 2. The van der Waals surface area contributed by atoms with Crippen molar-refractivity contribution in [2.45, 2.75) is 20.3 Å². The van der Waals surface area contributed by atoms with Crippen LogP contribution in [0.4, 0.5) is 0 Å². The molecule has 2 unspecified atom stereocenters. The van der Waals surface area contributed by atoms with Gasteiger partial charge in [-0.2, -0.15) is 0 Å². The molecule has 0 bridgehead atoms. The summed E-state index contributed by atoms with van der Waals surface area (Å²) in [7, 11) is 0. The van der Waals surface area contributed by atoms with Crippen molar-refractivity contribution < 1.29 is 5.11 Å². The zero-order chi connectivity index (χ0) is 12.1. The molecule has 0 aromatic heterocycles. The van der Waals surface area contributed by atoms with E-state index in [1.54, 1.807) is 0 Å². The predicted octanol–water partition coefficient (Wildman–Crippen LogP) is 2.50. The molecule has 16 heavy (non-hydrogen) atoms. The summed E-state index contributed by atoms with van der Waals surface area (Å²) in [6, 6.07) is 6.39. The minimum absolute atomic E-state index is 0.174. The molecule has 2 atom stereocenters. The Balaban J connectivity index is 2.69. The topological polar surface area (TPSA) is 46.2 Å². The Labute approximate surface area is 106 Å². The van der Waals surface area contributed by atoms with E-state index >= 15 is 0 Å². The lowest BCUT2D eigenvalue weighted by atomic mass is 9.88. The highest BCUT2D eigenvalue weighted by atomic mass is 79.9. The highest BCUT2D eigenvalue weighted by molar-refractivity contribution is 9.10. The van der Waals surface area contributed by atoms with Gasteiger partial charge in [-0.3, -0.25) is 0 Å². The number of aliphatic hydroxyl groups excluding tert-OH is 1. The molecule has 0 amide bonds. The second-order valence-corrected chi connectivity index (χ2v) is 5.30. The largest absolute Gasteiger partial charge is 0.396 e. The minimum atomic E-state index is 0.174. The van der Waals surface area contributed by atoms with Crippen molar-refractivity contribution in [1.82, 2.24) is 0 Å². The van der Waals surface area contributed by atoms with Gasteiger partial charge in [0.15, 0.2) is 0 Å². The first kappa shape index (κ1) is 13.7. The van der Waals surface area contributed by atoms with Crippen LogP contribution in [0.25, 0.3) is 0 Å². The standard InChI is InChI=1S/C13H20BrNO/c1-9(12(7-15)8-16)5-11-3-4-13(14)10(2)6-11/h3-4,6,9,12,16H,5,7-8,15H2,1-2H3. The fraction of sp³-hybridized carbons (Fsp3) is 0.538. The van der Waals surface area contributed by atoms with Gasteiger partial charge >= 0.3 is 0 Å². The SMILES string of the molecule is Cc1cc(CC(C)C(CN)CO)ccc1Br. The minimum Gasteiger partial charge on any atom is -0.396 e. The van der Waals surface area contributed by atoms with Crippen LogP contribution >= 0.6 is 15.9 Å². The van der Waals surface area contributed by atoms with Crippen LogP contribution in [0.1, 0.15) is 18.1 Å². The fourth-order valence-corrected chi connectivity index (χ4v) is 2.11. The van der Waals surface area contributed by atoms with Crippen molar-refractivity contribution in [1.29, 1.82) is 0 Å². The van der Waals surface area contributed by atoms with E-state index in [0.717, 1.165) is 10.9 Å². The average Bonchev–Trinajstić information content (AvgIpc) is 2.25. The van der Waals surface area contributed by atoms with E-state index in [9.17, 15) is 5.11 Å². The maximum absolute atomic E-state index is 9.19. The van der Waals surface area contributed by atoms with Crippen molar-refractivity contribution in [3.63, 3.8) is 0 Å². The van der Waals surface area contributed by atoms with Crippen molar-refractivity contribution in [2.75, 3.05) is 13.2 Å². The van der Waals surface area contributed by atoms with Gasteiger partial charge in [-0.05, 0) is 48.9 Å². The molecule has 0 saturated carbocycles. The number of nitrogens with two attached hydrogens (primary N) is 1. The van der Waals surface area contributed by atoms with E-state index in [4.69, 9.17) is 5.73 Å². The van der Waals surface area contributed by atoms with Gasteiger partial charge in [-0.25, -0.2) is 0 Å². The molecular formula is C13H20BrNO. The van der Waals surface area contributed by atoms with Crippen molar-refractivity contribution in [3.05, 3.63) is 33.8 Å². The molecule has 3 heteroatoms. The third kappa shape index (κ3) is 3.58. The molecule has 0 spiro atoms. The molecule has 0 saturated heterocycles. The van der Waals surface area contributed by atoms with Gasteiger partial charge in [-0.15, -0.1) is 0 Å². The maximum atomic E-state index is 9.19. The smallest absolute Gasteiger partial charge is 0.0474 e. The third-order valence-electron chi connectivity index (χ3n) is 3.12. The Bertz CT molecular complexity index is 337. The van der Waals surface area contributed by atoms with Crippen molar-refractivity contribution in [2.24, 2.45) is 17.6 Å². The molecule has 1 aromatic carbocycles. The van der Waals surface area contributed by atoms with Crippen LogP contribution in [0.5, 0.6) is 0 Å². The summed E-state index contributed by atoms with van der Waals surface area (Å²) < 4.78 is 1.14. The number of benzene rings is 1. The quantitative estimate of drug-likeness (QED) is 0.873. The zero-order valence-corrected chi connectivity index (χ0v) is 11.5. The molecule has 0 fully saturated rings. The lowest BCUT2D eigenvalue weighted by molar-refractivity contribution is 0.187. The van der Waals surface area contributed by atoms with E-state index in [2.05, 4.69) is 48.0 Å². The molecule has 3 N–H and O–H groups in total. The number of aliphatic hydroxyl groups is 1. The molecular weight excluding hydrogens is 266 g/mol. The summed E-state index contributed by atoms with van der Waals surface area (Å²) in [6.45, 7) is 4.95. The lowest BCUT2D eigenvalue weighted by Crippen LogP contribution is -2.26. The van der Waals surface area contributed by atoms with E-state index in [1.165, 1.54) is 11.1 Å². The molecule has 90 valence electrons. The molecule has 0 radical (unpaired) electrons. The normalized spacial score (nSPS) is 14.8. The van der Waals surface area contributed by atoms with Gasteiger partial charge in [0, 0.05) is 11.1 Å². The van der Waals surface area contributed by atoms with E-state index < -0.39 is 0 Å². The maximum Gasteiger partial charge on any atom is 0.0474 e. The van der Waals surface area contributed by atoms with E-state index in [-0.39, 0.29) is 12.5 Å². The Hall–Kier alpha value is -0.380. The Morgan fingerprint density at radius 1 is 1.44 bits per heavy atom. The van der Waals surface area contributed by atoms with Crippen LogP contribution in [0.15, 0.2) is 22.7 Å². The van der Waals surface area contributed by atoms with Gasteiger partial charge in [0.25, 0.3) is 0 Å². The highest BCUT2D eigenvalue weighted by Crippen LogP contribution is 2.21. The summed E-state index contributed by atoms with van der Waals surface area (Å²) in [5, 5.41) is 9.19. The molecule has 0 aliphatic rings. The molecule has 0 aliphatic heterocycles. The summed E-state index contributed by atoms with van der Waals surface area (Å²) in [4.78, 5) is 0. The molecule has 1 rings (SSSR count). The second-order valence-electron chi connectivity index (χ2n) is 4.44. The molecule has 0 aliphatic carbocycles. The zero-order valence-electron chi connectivity index (χ0n) is 9.91. The van der Waals surface area contributed by atoms with Crippen LogP contribution in [-0.2, 0) is 6.42 Å². The Morgan fingerprint density at radius 2 is 2.12 bits per heavy atom. The Morgan fingerprint density at radius 3 is 2.62 bits per heavy atom. The number of halogens is 1. The van der Waals surface area contributed by atoms with E-state index in [1.807, 2.05) is 0 Å². The van der Waals surface area contributed by atoms with Crippen LogP contribution in [-0.4, -0.2) is 18.3 Å². The lowest BCUT2D eigenvalue weighted by Gasteiger charge is -2.20. The highest BCUT2D eigenvalue weighted by Gasteiger charge is 2.15. The number of aryl methyl sites for hydroxylation is 1. The second kappa shape index (κ2) is 6.38. The Kier molecular flexibility index (Phi) is 5.46. The van der Waals surface area contributed by atoms with Crippen LogP contribution < -0.4 is 5.73 Å². The van der Waals surface area contributed by atoms with Crippen LogP contribution in [0.2, 0.25) is 0 Å². The third-order valence-corrected chi connectivity index (χ3v) is 4.01. The molecule has 2 nitrogen and oxygen atoms in total. The van der Waals surface area contributed by atoms with Crippen LogP contribution in [0, 0.1) is 18.8 Å². The fourth-order valence-electron chi connectivity index (χ4n) is 1.86. The summed E-state index contributed by atoms with van der Waals surface area (Å²) in [5.74, 6) is 0.611. The average molecular weight is 286 g/mol. The summed E-state index contributed by atoms with van der Waals surface area (Å²) >= 11 is 3.49. The molecule has 0 heterocycles. The van der Waals surface area contributed by atoms with Crippen LogP contribution in [0.3, 0.4) is 0 Å². The van der Waals surface area contributed by atoms with Gasteiger partial charge in [0.05, 0.1) is 0 Å². The number of rotatable bonds is 5. The number of hydrogen-bond acceptors (Lipinski definition) is 2. The monoisotopic (exact) mass is 285 g/mol. The van der Waals surface area contributed by atoms with Gasteiger partial charge in [0.2, 0.25) is 0 Å². The first-order valence-electron chi connectivity index (χ1n) is 5.64. The first-order chi connectivity index (χ1) is 7.58. The summed E-state index contributed by atoms with van der Waals surface area (Å²) in [6.07, 6.45) is 0.969. The predicted molar refractivity (Wildman–Crippen MR) is 71.4 cm³/mol. The van der Waals surface area contributed by atoms with E-state index in [0.29, 0.717) is 12.5 Å². The first-order valence-corrected chi connectivity index (χ1v) is 6.43. The van der Waals surface area contributed by atoms with Crippen molar-refractivity contribution in [3.8, 4) is 0 Å². The van der Waals surface area contributed by atoms with Gasteiger partial charge in [-0.1, -0.05) is 35.0 Å². The molecule has 1 aromatic rings. The van der Waals surface area contributed by atoms with Crippen molar-refractivity contribution >= 4 is 15.9 Å². The van der Waals surface area contributed by atoms with Gasteiger partial charge in [0.1, 0.15) is 0 Å². The summed E-state index contributed by atoms with van der Waals surface area (Å²) in [5.41, 5.74) is 8.18. The van der Waals surface area contributed by atoms with Gasteiger partial charge < -0.3 is 10.8 Å².